The first-order chi connectivity index (χ1) is 17.4. The number of para-hydroxylation sites is 1. The molecule has 1 unspecified atom stereocenters. The molecule has 4 rings (SSSR count). The van der Waals surface area contributed by atoms with Gasteiger partial charge in [0.15, 0.2) is 16.3 Å². The minimum absolute atomic E-state index is 0.200. The van der Waals surface area contributed by atoms with E-state index < -0.39 is 12.0 Å². The van der Waals surface area contributed by atoms with Gasteiger partial charge in [-0.05, 0) is 44.1 Å². The van der Waals surface area contributed by atoms with Crippen LogP contribution in [-0.2, 0) is 9.53 Å². The first kappa shape index (κ1) is 25.2. The molecule has 0 amide bonds. The minimum Gasteiger partial charge on any atom is -0.493 e. The topological polar surface area (TPSA) is 79.1 Å². The van der Waals surface area contributed by atoms with Crippen molar-refractivity contribution in [3.63, 3.8) is 0 Å². The smallest absolute Gasteiger partial charge is 0.338 e. The third-order valence-electron chi connectivity index (χ3n) is 5.80. The maximum Gasteiger partial charge on any atom is 0.338 e. The maximum atomic E-state index is 13.8. The van der Waals surface area contributed by atoms with E-state index in [2.05, 4.69) is 4.99 Å². The van der Waals surface area contributed by atoms with Gasteiger partial charge in [-0.2, -0.15) is 0 Å². The Kier molecular flexibility index (Phi) is 7.55. The molecule has 1 aliphatic heterocycles. The molecule has 186 valence electrons. The van der Waals surface area contributed by atoms with E-state index >= 15 is 0 Å². The van der Waals surface area contributed by atoms with Gasteiger partial charge >= 0.3 is 5.97 Å². The molecule has 0 bridgehead atoms. The Balaban J connectivity index is 1.96. The van der Waals surface area contributed by atoms with Crippen LogP contribution in [0.3, 0.4) is 0 Å². The molecule has 0 radical (unpaired) electrons. The quantitative estimate of drug-likeness (QED) is 0.457. The highest BCUT2D eigenvalue weighted by molar-refractivity contribution is 7.07. The molecule has 36 heavy (non-hydrogen) atoms. The van der Waals surface area contributed by atoms with Crippen molar-refractivity contribution in [2.75, 3.05) is 20.8 Å². The number of methoxy groups -OCH3 is 2. The molecule has 1 aliphatic rings. The molecule has 8 heteroatoms. The number of carbonyl (C=O) groups is 1. The number of allylic oxidation sites excluding steroid dienone is 2. The predicted molar refractivity (Wildman–Crippen MR) is 141 cm³/mol. The normalized spacial score (nSPS) is 15.9. The van der Waals surface area contributed by atoms with Crippen molar-refractivity contribution >= 4 is 29.5 Å². The van der Waals surface area contributed by atoms with E-state index in [4.69, 9.17) is 14.2 Å². The van der Waals surface area contributed by atoms with Crippen LogP contribution in [0.1, 0.15) is 37.9 Å². The van der Waals surface area contributed by atoms with Crippen molar-refractivity contribution in [2.24, 2.45) is 4.99 Å². The molecule has 0 saturated carbocycles. The minimum atomic E-state index is -0.786. The van der Waals surface area contributed by atoms with Crippen LogP contribution in [0.5, 0.6) is 11.5 Å². The molecule has 0 saturated heterocycles. The maximum absolute atomic E-state index is 13.8. The first-order valence-corrected chi connectivity index (χ1v) is 12.3. The van der Waals surface area contributed by atoms with Crippen LogP contribution in [0.15, 0.2) is 75.2 Å². The summed E-state index contributed by atoms with van der Waals surface area (Å²) in [7, 11) is 3.08. The molecule has 2 heterocycles. The second-order valence-electron chi connectivity index (χ2n) is 8.18. The highest BCUT2D eigenvalue weighted by atomic mass is 32.1. The molecular formula is C28H28N2O5S. The van der Waals surface area contributed by atoms with Crippen molar-refractivity contribution in [3.8, 4) is 11.5 Å². The van der Waals surface area contributed by atoms with Gasteiger partial charge < -0.3 is 14.2 Å². The van der Waals surface area contributed by atoms with E-state index in [0.29, 0.717) is 37.7 Å². The van der Waals surface area contributed by atoms with Crippen LogP contribution in [0.4, 0.5) is 0 Å². The third kappa shape index (κ3) is 4.77. The number of esters is 1. The summed E-state index contributed by atoms with van der Waals surface area (Å²) in [6.45, 7) is 5.64. The van der Waals surface area contributed by atoms with Gasteiger partial charge in [-0.25, -0.2) is 9.79 Å². The fraction of sp³-hybridized carbons (Fsp3) is 0.250. The number of carbonyl (C=O) groups excluding carboxylic acids is 1. The molecule has 1 aromatic heterocycles. The second kappa shape index (κ2) is 10.8. The largest absolute Gasteiger partial charge is 0.493 e. The zero-order chi connectivity index (χ0) is 25.8. The molecule has 0 aliphatic carbocycles. The van der Waals surface area contributed by atoms with Gasteiger partial charge in [-0.15, -0.1) is 0 Å². The van der Waals surface area contributed by atoms with Crippen molar-refractivity contribution in [1.29, 1.82) is 0 Å². The summed E-state index contributed by atoms with van der Waals surface area (Å²) in [5.74, 6) is 0.413. The summed E-state index contributed by atoms with van der Waals surface area (Å²) < 4.78 is 18.6. The molecule has 3 aromatic rings. The van der Waals surface area contributed by atoms with Crippen LogP contribution in [-0.4, -0.2) is 31.4 Å². The lowest BCUT2D eigenvalue weighted by Crippen LogP contribution is -2.40. The molecule has 1 atom stereocenters. The van der Waals surface area contributed by atoms with Crippen molar-refractivity contribution < 1.29 is 19.0 Å². The lowest BCUT2D eigenvalue weighted by Gasteiger charge is -2.26. The Bertz CT molecular complexity index is 1530. The number of rotatable bonds is 7. The van der Waals surface area contributed by atoms with Gasteiger partial charge in [-0.3, -0.25) is 9.36 Å². The Labute approximate surface area is 213 Å². The fourth-order valence-electron chi connectivity index (χ4n) is 4.27. The van der Waals surface area contributed by atoms with Gasteiger partial charge in [-0.1, -0.05) is 59.9 Å². The average molecular weight is 505 g/mol. The second-order valence-corrected chi connectivity index (χ2v) is 9.19. The Morgan fingerprint density at radius 3 is 2.53 bits per heavy atom. The van der Waals surface area contributed by atoms with Gasteiger partial charge in [0.1, 0.15) is 6.04 Å². The summed E-state index contributed by atoms with van der Waals surface area (Å²) >= 11 is 1.28. The van der Waals surface area contributed by atoms with E-state index in [1.807, 2.05) is 55.5 Å². The highest BCUT2D eigenvalue weighted by Gasteiger charge is 2.35. The molecule has 2 aromatic carbocycles. The van der Waals surface area contributed by atoms with Crippen molar-refractivity contribution in [1.82, 2.24) is 4.57 Å². The van der Waals surface area contributed by atoms with Crippen LogP contribution in [0, 0.1) is 0 Å². The Morgan fingerprint density at radius 2 is 1.86 bits per heavy atom. The average Bonchev–Trinajstić information content (AvgIpc) is 3.17. The number of benzene rings is 2. The summed E-state index contributed by atoms with van der Waals surface area (Å²) in [6, 6.07) is 14.5. The summed E-state index contributed by atoms with van der Waals surface area (Å²) in [5.41, 5.74) is 3.11. The fourth-order valence-corrected chi connectivity index (χ4v) is 5.37. The van der Waals surface area contributed by atoms with E-state index in [9.17, 15) is 9.59 Å². The lowest BCUT2D eigenvalue weighted by molar-refractivity contribution is -0.139. The number of hydrogen-bond acceptors (Lipinski definition) is 7. The van der Waals surface area contributed by atoms with Crippen molar-refractivity contribution in [3.05, 3.63) is 96.2 Å². The lowest BCUT2D eigenvalue weighted by atomic mass is 9.94. The SMILES string of the molecule is CCOC(=O)C1=C(C)N=c2sc(=CC(C)=Cc3ccccc3)c(=O)n2C1c1cccc(OC)c1OC. The predicted octanol–water partition coefficient (Wildman–Crippen LogP) is 3.87. The highest BCUT2D eigenvalue weighted by Crippen LogP contribution is 2.40. The molecule has 7 nitrogen and oxygen atoms in total. The Hall–Kier alpha value is -3.91. The number of thiazole rings is 1. The molecule has 0 spiro atoms. The van der Waals surface area contributed by atoms with Crippen LogP contribution >= 0.6 is 11.3 Å². The van der Waals surface area contributed by atoms with Crippen molar-refractivity contribution in [2.45, 2.75) is 26.8 Å². The molecule has 0 fully saturated rings. The van der Waals surface area contributed by atoms with Gasteiger partial charge in [0.05, 0.1) is 36.6 Å². The van der Waals surface area contributed by atoms with Crippen LogP contribution in [0.2, 0.25) is 0 Å². The number of hydrogen-bond donors (Lipinski definition) is 0. The van der Waals surface area contributed by atoms with Crippen LogP contribution < -0.4 is 24.4 Å². The standard InChI is InChI=1S/C28H28N2O5S/c1-6-35-27(32)23-18(3)29-28-30(24(23)20-13-10-14-21(33-4)25(20)34-5)26(31)22(36-28)16-17(2)15-19-11-8-7-9-12-19/h7-16,24H,6H2,1-5H3. The van der Waals surface area contributed by atoms with E-state index in [-0.39, 0.29) is 12.2 Å². The van der Waals surface area contributed by atoms with Gasteiger partial charge in [0, 0.05) is 5.56 Å². The van der Waals surface area contributed by atoms with Gasteiger partial charge in [0.25, 0.3) is 5.56 Å². The summed E-state index contributed by atoms with van der Waals surface area (Å²) in [6.07, 6.45) is 3.86. The summed E-state index contributed by atoms with van der Waals surface area (Å²) in [5, 5.41) is 0. The van der Waals surface area contributed by atoms with Crippen LogP contribution in [0.25, 0.3) is 12.2 Å². The number of ether oxygens (including phenoxy) is 3. The first-order valence-electron chi connectivity index (χ1n) is 11.5. The summed E-state index contributed by atoms with van der Waals surface area (Å²) in [4.78, 5) is 32.0. The number of aromatic nitrogens is 1. The number of fused-ring (bicyclic) bond motifs is 1. The Morgan fingerprint density at radius 1 is 1.11 bits per heavy atom. The molecular weight excluding hydrogens is 476 g/mol. The van der Waals surface area contributed by atoms with E-state index in [1.54, 1.807) is 37.7 Å². The van der Waals surface area contributed by atoms with Gasteiger partial charge in [0.2, 0.25) is 0 Å². The zero-order valence-corrected chi connectivity index (χ0v) is 21.7. The number of nitrogens with zero attached hydrogens (tertiary/aromatic N) is 2. The van der Waals surface area contributed by atoms with E-state index in [1.165, 1.54) is 18.4 Å². The molecule has 0 N–H and O–H groups in total. The monoisotopic (exact) mass is 504 g/mol. The zero-order valence-electron chi connectivity index (χ0n) is 20.9. The third-order valence-corrected chi connectivity index (χ3v) is 6.78. The van der Waals surface area contributed by atoms with E-state index in [0.717, 1.165) is 11.1 Å².